The highest BCUT2D eigenvalue weighted by molar-refractivity contribution is 5.90. The van der Waals surface area contributed by atoms with Gasteiger partial charge in [0.15, 0.2) is 0 Å². The Morgan fingerprint density at radius 3 is 2.21 bits per heavy atom. The van der Waals surface area contributed by atoms with Gasteiger partial charge in [-0.1, -0.05) is 6.92 Å². The van der Waals surface area contributed by atoms with Crippen molar-refractivity contribution in [2.24, 2.45) is 0 Å². The van der Waals surface area contributed by atoms with E-state index in [2.05, 4.69) is 9.97 Å². The van der Waals surface area contributed by atoms with E-state index in [9.17, 15) is 18.0 Å². The number of carbonyl (C=O) groups excluding carboxylic acids is 1. The van der Waals surface area contributed by atoms with Crippen LogP contribution >= 0.6 is 0 Å². The van der Waals surface area contributed by atoms with E-state index in [4.69, 9.17) is 18.9 Å². The van der Waals surface area contributed by atoms with Crippen LogP contribution in [0.3, 0.4) is 0 Å². The normalized spacial score (nSPS) is 11.3. The predicted octanol–water partition coefficient (Wildman–Crippen LogP) is 7.95. The smallest absolute Gasteiger partial charge is 0.457 e. The molecule has 0 saturated carbocycles. The number of aryl methyl sites for hydroxylation is 2. The summed E-state index contributed by atoms with van der Waals surface area (Å²) in [4.78, 5) is 20.5. The van der Waals surface area contributed by atoms with Gasteiger partial charge in [-0.2, -0.15) is 13.2 Å². The largest absolute Gasteiger partial charge is 0.513 e. The van der Waals surface area contributed by atoms with Crippen LogP contribution in [0.4, 0.5) is 18.0 Å². The zero-order chi connectivity index (χ0) is 27.4. The van der Waals surface area contributed by atoms with Crippen LogP contribution in [-0.2, 0) is 17.3 Å². The van der Waals surface area contributed by atoms with E-state index in [1.54, 1.807) is 37.3 Å². The van der Waals surface area contributed by atoms with Crippen molar-refractivity contribution < 1.29 is 36.9 Å². The van der Waals surface area contributed by atoms with E-state index in [-0.39, 0.29) is 12.5 Å². The molecule has 198 valence electrons. The molecule has 0 aliphatic rings. The number of alkyl halides is 3. The van der Waals surface area contributed by atoms with Gasteiger partial charge in [-0.3, -0.25) is 4.98 Å². The van der Waals surface area contributed by atoms with Gasteiger partial charge in [0.1, 0.15) is 23.0 Å². The van der Waals surface area contributed by atoms with E-state index >= 15 is 0 Å². The third-order valence-corrected chi connectivity index (χ3v) is 5.68. The van der Waals surface area contributed by atoms with Crippen molar-refractivity contribution in [3.05, 3.63) is 77.1 Å². The number of fused-ring (bicyclic) bond motifs is 1. The van der Waals surface area contributed by atoms with Gasteiger partial charge in [0.05, 0.1) is 17.7 Å². The third kappa shape index (κ3) is 5.96. The van der Waals surface area contributed by atoms with Crippen LogP contribution in [0.5, 0.6) is 28.9 Å². The average Bonchev–Trinajstić information content (AvgIpc) is 2.86. The fraction of sp³-hybridized carbons (Fsp3) is 0.250. The number of aromatic nitrogens is 2. The lowest BCUT2D eigenvalue weighted by molar-refractivity contribution is -0.137. The molecule has 7 nitrogen and oxygen atoms in total. The molecule has 0 saturated heterocycles. The standard InChI is InChI=1S/C28H25F3N2O5/c1-5-21-17(4)33-23-13-16(3)24(14-22(23)26(21)38-27(34)35-6-2)36-19-8-10-20(11-9-19)37-25-12-7-18(15-32-25)28(29,30)31/h7-15H,5-6H2,1-4H3. The summed E-state index contributed by atoms with van der Waals surface area (Å²) in [6.07, 6.45) is -3.95. The molecule has 0 atom stereocenters. The summed E-state index contributed by atoms with van der Waals surface area (Å²) in [7, 11) is 0. The quantitative estimate of drug-likeness (QED) is 0.226. The van der Waals surface area contributed by atoms with Crippen LogP contribution in [0.2, 0.25) is 0 Å². The zero-order valence-electron chi connectivity index (χ0n) is 21.2. The van der Waals surface area contributed by atoms with Gasteiger partial charge >= 0.3 is 12.3 Å². The molecule has 4 aromatic rings. The summed E-state index contributed by atoms with van der Waals surface area (Å²) < 4.78 is 60.4. The number of ether oxygens (including phenoxy) is 4. The Kier molecular flexibility index (Phi) is 7.70. The summed E-state index contributed by atoms with van der Waals surface area (Å²) in [6, 6.07) is 12.2. The monoisotopic (exact) mass is 526 g/mol. The number of hydrogen-bond donors (Lipinski definition) is 0. The molecule has 0 radical (unpaired) electrons. The van der Waals surface area contributed by atoms with Gasteiger partial charge in [-0.25, -0.2) is 9.78 Å². The van der Waals surface area contributed by atoms with Crippen LogP contribution in [0, 0.1) is 13.8 Å². The summed E-state index contributed by atoms with van der Waals surface area (Å²) in [5, 5.41) is 0.606. The Bertz CT molecular complexity index is 1450. The second kappa shape index (κ2) is 11.0. The van der Waals surface area contributed by atoms with Crippen molar-refractivity contribution in [3.8, 4) is 28.9 Å². The highest BCUT2D eigenvalue weighted by atomic mass is 19.4. The molecule has 0 unspecified atom stereocenters. The van der Waals surface area contributed by atoms with E-state index in [0.717, 1.165) is 35.2 Å². The molecular weight excluding hydrogens is 501 g/mol. The first-order valence-electron chi connectivity index (χ1n) is 11.9. The first kappa shape index (κ1) is 26.7. The fourth-order valence-corrected chi connectivity index (χ4v) is 3.83. The minimum absolute atomic E-state index is 0.0284. The molecule has 0 aliphatic heterocycles. The first-order chi connectivity index (χ1) is 18.1. The summed E-state index contributed by atoms with van der Waals surface area (Å²) in [5.74, 6) is 1.80. The van der Waals surface area contributed by atoms with Crippen molar-refractivity contribution in [2.45, 2.75) is 40.3 Å². The van der Waals surface area contributed by atoms with E-state index in [1.165, 1.54) is 0 Å². The topological polar surface area (TPSA) is 79.8 Å². The molecule has 10 heteroatoms. The molecule has 2 heterocycles. The van der Waals surface area contributed by atoms with Gasteiger partial charge in [0.25, 0.3) is 0 Å². The van der Waals surface area contributed by atoms with Gasteiger partial charge in [0, 0.05) is 28.9 Å². The van der Waals surface area contributed by atoms with Gasteiger partial charge in [-0.15, -0.1) is 0 Å². The molecule has 0 amide bonds. The van der Waals surface area contributed by atoms with E-state index in [1.807, 2.05) is 26.8 Å². The maximum Gasteiger partial charge on any atom is 0.513 e. The molecule has 0 aliphatic carbocycles. The Morgan fingerprint density at radius 2 is 1.63 bits per heavy atom. The number of hydrogen-bond acceptors (Lipinski definition) is 7. The van der Waals surface area contributed by atoms with Crippen molar-refractivity contribution in [1.82, 2.24) is 9.97 Å². The van der Waals surface area contributed by atoms with Crippen LogP contribution in [0.1, 0.15) is 36.2 Å². The molecule has 2 aromatic carbocycles. The lowest BCUT2D eigenvalue weighted by Crippen LogP contribution is -2.12. The minimum Gasteiger partial charge on any atom is -0.457 e. The Labute approximate surface area is 217 Å². The van der Waals surface area contributed by atoms with Crippen molar-refractivity contribution in [1.29, 1.82) is 0 Å². The predicted molar refractivity (Wildman–Crippen MR) is 134 cm³/mol. The van der Waals surface area contributed by atoms with Gasteiger partial charge < -0.3 is 18.9 Å². The number of halogens is 3. The molecular formula is C28H25F3N2O5. The van der Waals surface area contributed by atoms with Crippen LogP contribution in [0.25, 0.3) is 10.9 Å². The maximum atomic E-state index is 12.7. The second-order valence-corrected chi connectivity index (χ2v) is 8.34. The molecule has 2 aromatic heterocycles. The lowest BCUT2D eigenvalue weighted by atomic mass is 10.0. The van der Waals surface area contributed by atoms with E-state index in [0.29, 0.717) is 40.3 Å². The Balaban J connectivity index is 1.58. The molecule has 38 heavy (non-hydrogen) atoms. The molecule has 0 spiro atoms. The SMILES string of the molecule is CCOC(=O)Oc1c(CC)c(C)nc2cc(C)c(Oc3ccc(Oc4ccc(C(F)(F)F)cn4)cc3)cc12. The van der Waals surface area contributed by atoms with Crippen LogP contribution < -0.4 is 14.2 Å². The minimum atomic E-state index is -4.47. The number of pyridine rings is 2. The highest BCUT2D eigenvalue weighted by Crippen LogP contribution is 2.37. The maximum absolute atomic E-state index is 12.7. The lowest BCUT2D eigenvalue weighted by Gasteiger charge is -2.16. The summed E-state index contributed by atoms with van der Waals surface area (Å²) in [6.45, 7) is 7.57. The number of carbonyl (C=O) groups is 1. The average molecular weight is 527 g/mol. The Morgan fingerprint density at radius 1 is 0.947 bits per heavy atom. The fourth-order valence-electron chi connectivity index (χ4n) is 3.83. The number of benzene rings is 2. The summed E-state index contributed by atoms with van der Waals surface area (Å²) >= 11 is 0. The Hall–Kier alpha value is -4.34. The zero-order valence-corrected chi connectivity index (χ0v) is 21.2. The molecule has 0 bridgehead atoms. The van der Waals surface area contributed by atoms with E-state index < -0.39 is 17.9 Å². The van der Waals surface area contributed by atoms with Gasteiger partial charge in [-0.05, 0) is 75.2 Å². The third-order valence-electron chi connectivity index (χ3n) is 5.68. The van der Waals surface area contributed by atoms with Crippen LogP contribution in [-0.4, -0.2) is 22.7 Å². The number of nitrogens with zero attached hydrogens (tertiary/aromatic N) is 2. The van der Waals surface area contributed by atoms with Crippen molar-refractivity contribution >= 4 is 17.1 Å². The molecule has 4 rings (SSSR count). The van der Waals surface area contributed by atoms with Crippen molar-refractivity contribution in [2.75, 3.05) is 6.61 Å². The number of rotatable bonds is 7. The second-order valence-electron chi connectivity index (χ2n) is 8.34. The van der Waals surface area contributed by atoms with Crippen LogP contribution in [0.15, 0.2) is 54.7 Å². The molecule has 0 N–H and O–H groups in total. The molecule has 0 fully saturated rings. The first-order valence-corrected chi connectivity index (χ1v) is 11.9. The highest BCUT2D eigenvalue weighted by Gasteiger charge is 2.30. The summed E-state index contributed by atoms with van der Waals surface area (Å²) in [5.41, 5.74) is 2.15. The van der Waals surface area contributed by atoms with Crippen molar-refractivity contribution in [3.63, 3.8) is 0 Å². The van der Waals surface area contributed by atoms with Gasteiger partial charge in [0.2, 0.25) is 5.88 Å².